The Morgan fingerprint density at radius 2 is 2.17 bits per heavy atom. The molecule has 5 nitrogen and oxygen atoms in total. The van der Waals surface area contributed by atoms with Crippen molar-refractivity contribution < 1.29 is 17.7 Å². The van der Waals surface area contributed by atoms with Crippen LogP contribution in [0.15, 0.2) is 22.7 Å². The van der Waals surface area contributed by atoms with Crippen LogP contribution >= 0.6 is 0 Å². The molecule has 8 heteroatoms. The van der Waals surface area contributed by atoms with E-state index in [2.05, 4.69) is 10.1 Å². The zero-order chi connectivity index (χ0) is 17.3. The van der Waals surface area contributed by atoms with Crippen LogP contribution in [0, 0.1) is 18.3 Å². The Morgan fingerprint density at radius 3 is 2.79 bits per heavy atom. The monoisotopic (exact) mass is 336 g/mol. The molecule has 126 valence electrons. The fourth-order valence-corrected chi connectivity index (χ4v) is 2.96. The maximum Gasteiger partial charge on any atom is 0.417 e. The third-order valence-corrected chi connectivity index (χ3v) is 4.12. The smallest absolute Gasteiger partial charge is 0.371 e. The summed E-state index contributed by atoms with van der Waals surface area (Å²) in [4.78, 5) is 6.09. The van der Waals surface area contributed by atoms with Crippen LogP contribution in [0.1, 0.15) is 41.6 Å². The normalized spacial score (nSPS) is 18.5. The number of halogens is 3. The molecular formula is C16H15F3N4O. The van der Waals surface area contributed by atoms with Crippen molar-refractivity contribution >= 4 is 5.69 Å². The molecule has 0 radical (unpaired) electrons. The van der Waals surface area contributed by atoms with Gasteiger partial charge in [-0.3, -0.25) is 0 Å². The lowest BCUT2D eigenvalue weighted by molar-refractivity contribution is -0.137. The number of rotatable bonds is 2. The largest absolute Gasteiger partial charge is 0.417 e. The molecule has 0 unspecified atom stereocenters. The van der Waals surface area contributed by atoms with Crippen molar-refractivity contribution in [3.63, 3.8) is 0 Å². The van der Waals surface area contributed by atoms with Gasteiger partial charge in [-0.25, -0.2) is 0 Å². The Hall–Kier alpha value is -2.56. The molecule has 0 N–H and O–H groups in total. The second kappa shape index (κ2) is 6.15. The lowest BCUT2D eigenvalue weighted by Gasteiger charge is -2.33. The lowest BCUT2D eigenvalue weighted by atomic mass is 9.96. The fourth-order valence-electron chi connectivity index (χ4n) is 2.96. The van der Waals surface area contributed by atoms with E-state index in [4.69, 9.17) is 9.78 Å². The number of nitrogens with zero attached hydrogens (tertiary/aromatic N) is 4. The molecular weight excluding hydrogens is 321 g/mol. The van der Waals surface area contributed by atoms with Gasteiger partial charge in [-0.1, -0.05) is 5.16 Å². The summed E-state index contributed by atoms with van der Waals surface area (Å²) in [6.07, 6.45) is -2.88. The van der Waals surface area contributed by atoms with Crippen molar-refractivity contribution in [2.75, 3.05) is 18.0 Å². The van der Waals surface area contributed by atoms with E-state index in [1.165, 1.54) is 6.07 Å². The summed E-state index contributed by atoms with van der Waals surface area (Å²) < 4.78 is 44.4. The van der Waals surface area contributed by atoms with E-state index in [-0.39, 0.29) is 11.5 Å². The molecule has 1 aliphatic rings. The molecule has 24 heavy (non-hydrogen) atoms. The van der Waals surface area contributed by atoms with Crippen LogP contribution in [0.4, 0.5) is 18.9 Å². The number of hydrogen-bond donors (Lipinski definition) is 0. The van der Waals surface area contributed by atoms with Gasteiger partial charge in [-0.15, -0.1) is 0 Å². The topological polar surface area (TPSA) is 66.0 Å². The molecule has 0 spiro atoms. The zero-order valence-corrected chi connectivity index (χ0v) is 13.0. The molecule has 0 bridgehead atoms. The molecule has 1 fully saturated rings. The number of alkyl halides is 3. The van der Waals surface area contributed by atoms with E-state index in [0.29, 0.717) is 30.5 Å². The average Bonchev–Trinajstić information content (AvgIpc) is 3.00. The maximum atomic E-state index is 13.1. The summed E-state index contributed by atoms with van der Waals surface area (Å²) in [5, 5.41) is 12.8. The molecule has 0 saturated carbocycles. The molecule has 2 aromatic rings. The van der Waals surface area contributed by atoms with Crippen LogP contribution in [-0.2, 0) is 6.18 Å². The number of nitriles is 1. The van der Waals surface area contributed by atoms with Gasteiger partial charge < -0.3 is 9.42 Å². The zero-order valence-electron chi connectivity index (χ0n) is 13.0. The first-order valence-electron chi connectivity index (χ1n) is 7.55. The highest BCUT2D eigenvalue weighted by molar-refractivity contribution is 5.55. The number of benzene rings is 1. The van der Waals surface area contributed by atoms with Crippen molar-refractivity contribution in [2.45, 2.75) is 31.9 Å². The van der Waals surface area contributed by atoms with E-state index < -0.39 is 11.7 Å². The number of piperidine rings is 1. The molecule has 1 atom stereocenters. The van der Waals surface area contributed by atoms with Crippen LogP contribution in [-0.4, -0.2) is 23.2 Å². The van der Waals surface area contributed by atoms with Crippen molar-refractivity contribution in [1.82, 2.24) is 10.1 Å². The number of aromatic nitrogens is 2. The Morgan fingerprint density at radius 1 is 1.38 bits per heavy atom. The van der Waals surface area contributed by atoms with Crippen LogP contribution in [0.5, 0.6) is 0 Å². The van der Waals surface area contributed by atoms with E-state index in [1.807, 2.05) is 4.90 Å². The molecule has 3 rings (SSSR count). The third-order valence-electron chi connectivity index (χ3n) is 4.12. The van der Waals surface area contributed by atoms with Gasteiger partial charge in [0.1, 0.15) is 0 Å². The third kappa shape index (κ3) is 3.20. The molecule has 0 aliphatic carbocycles. The molecule has 2 heterocycles. The van der Waals surface area contributed by atoms with Crippen molar-refractivity contribution in [3.8, 4) is 6.07 Å². The van der Waals surface area contributed by atoms with E-state index in [9.17, 15) is 13.2 Å². The second-order valence-corrected chi connectivity index (χ2v) is 5.80. The summed E-state index contributed by atoms with van der Waals surface area (Å²) in [7, 11) is 0. The predicted molar refractivity (Wildman–Crippen MR) is 79.4 cm³/mol. The van der Waals surface area contributed by atoms with Crippen molar-refractivity contribution in [2.24, 2.45) is 0 Å². The lowest BCUT2D eigenvalue weighted by Crippen LogP contribution is -2.35. The van der Waals surface area contributed by atoms with Gasteiger partial charge in [0.2, 0.25) is 5.89 Å². The predicted octanol–water partition coefficient (Wildman–Crippen LogP) is 3.65. The van der Waals surface area contributed by atoms with Gasteiger partial charge in [-0.05, 0) is 31.0 Å². The Balaban J connectivity index is 1.87. The summed E-state index contributed by atoms with van der Waals surface area (Å²) in [5.41, 5.74) is -0.820. The Labute approximate surface area is 136 Å². The van der Waals surface area contributed by atoms with Crippen LogP contribution in [0.25, 0.3) is 0 Å². The highest BCUT2D eigenvalue weighted by Gasteiger charge is 2.35. The molecule has 0 amide bonds. The minimum atomic E-state index is -4.55. The quantitative estimate of drug-likeness (QED) is 0.837. The molecule has 1 aromatic heterocycles. The number of hydrogen-bond acceptors (Lipinski definition) is 5. The van der Waals surface area contributed by atoms with Gasteiger partial charge in [0, 0.05) is 31.6 Å². The second-order valence-electron chi connectivity index (χ2n) is 5.80. The standard InChI is InChI=1S/C16H15F3N4O/c1-10-21-15(22-24-10)12-3-2-6-23(9-12)13-5-4-11(8-20)14(7-13)16(17,18)19/h4-5,7,12H,2-3,6,9H2,1H3/t12-/m0/s1. The summed E-state index contributed by atoms with van der Waals surface area (Å²) in [5.74, 6) is 1.07. The SMILES string of the molecule is Cc1nc([C@H]2CCCN(c3ccc(C#N)c(C(F)(F)F)c3)C2)no1. The van der Waals surface area contributed by atoms with E-state index in [0.717, 1.165) is 18.9 Å². The van der Waals surface area contributed by atoms with Crippen molar-refractivity contribution in [1.29, 1.82) is 5.26 Å². The van der Waals surface area contributed by atoms with Gasteiger partial charge in [0.25, 0.3) is 0 Å². The van der Waals surface area contributed by atoms with E-state index in [1.54, 1.807) is 19.1 Å². The number of anilines is 1. The average molecular weight is 336 g/mol. The Bertz CT molecular complexity index is 778. The number of aryl methyl sites for hydroxylation is 1. The summed E-state index contributed by atoms with van der Waals surface area (Å²) in [6.45, 7) is 2.87. The van der Waals surface area contributed by atoms with Gasteiger partial charge in [-0.2, -0.15) is 23.4 Å². The first-order valence-corrected chi connectivity index (χ1v) is 7.55. The van der Waals surface area contributed by atoms with Crippen molar-refractivity contribution in [3.05, 3.63) is 41.0 Å². The first kappa shape index (κ1) is 16.3. The van der Waals surface area contributed by atoms with Crippen LogP contribution in [0.3, 0.4) is 0 Å². The highest BCUT2D eigenvalue weighted by atomic mass is 19.4. The van der Waals surface area contributed by atoms with Crippen LogP contribution in [0.2, 0.25) is 0 Å². The van der Waals surface area contributed by atoms with E-state index >= 15 is 0 Å². The summed E-state index contributed by atoms with van der Waals surface area (Å²) >= 11 is 0. The minimum absolute atomic E-state index is 0.0150. The first-order chi connectivity index (χ1) is 11.4. The van der Waals surface area contributed by atoms with Crippen LogP contribution < -0.4 is 4.90 Å². The fraction of sp³-hybridized carbons (Fsp3) is 0.438. The minimum Gasteiger partial charge on any atom is -0.371 e. The molecule has 1 aromatic carbocycles. The van der Waals surface area contributed by atoms with Gasteiger partial charge in [0.15, 0.2) is 5.82 Å². The molecule has 1 aliphatic heterocycles. The maximum absolute atomic E-state index is 13.1. The van der Waals surface area contributed by atoms with Gasteiger partial charge in [0.05, 0.1) is 17.2 Å². The highest BCUT2D eigenvalue weighted by Crippen LogP contribution is 2.36. The molecule has 1 saturated heterocycles. The summed E-state index contributed by atoms with van der Waals surface area (Å²) in [6, 6.07) is 5.42. The van der Waals surface area contributed by atoms with Gasteiger partial charge >= 0.3 is 6.18 Å². The Kier molecular flexibility index (Phi) is 4.18.